The molecule has 1 fully saturated rings. The van der Waals surface area contributed by atoms with Gasteiger partial charge >= 0.3 is 0 Å². The Labute approximate surface area is 177 Å². The van der Waals surface area contributed by atoms with E-state index in [0.29, 0.717) is 34.3 Å². The molecule has 9 nitrogen and oxygen atoms in total. The van der Waals surface area contributed by atoms with Crippen LogP contribution in [0, 0.1) is 22.7 Å². The highest BCUT2D eigenvalue weighted by atomic mass is 32.2. The maximum atomic E-state index is 9.87. The largest absolute Gasteiger partial charge is 0.383 e. The number of aromatic nitrogens is 5. The van der Waals surface area contributed by atoms with Gasteiger partial charge in [-0.15, -0.1) is 16.9 Å². The van der Waals surface area contributed by atoms with E-state index < -0.39 is 0 Å². The topological polar surface area (TPSA) is 150 Å². The molecule has 3 heterocycles. The third-order valence-electron chi connectivity index (χ3n) is 4.88. The lowest BCUT2D eigenvalue weighted by molar-refractivity contribution is 0.0145. The van der Waals surface area contributed by atoms with Crippen LogP contribution in [0.3, 0.4) is 0 Å². The third-order valence-corrected chi connectivity index (χ3v) is 5.92. The van der Waals surface area contributed by atoms with E-state index in [4.69, 9.17) is 10.5 Å². The number of nitrogen functional groups attached to an aromatic ring is 1. The SMILES string of the molecule is N#Cc1c(N)nc(SCc2cccc(-c3nnn[nH]3)c2)c(C#N)c1C1CCCCO1. The second-order valence-corrected chi connectivity index (χ2v) is 7.75. The predicted molar refractivity (Wildman–Crippen MR) is 110 cm³/mol. The molecule has 0 radical (unpaired) electrons. The number of rotatable bonds is 5. The van der Waals surface area contributed by atoms with Gasteiger partial charge in [0.15, 0.2) is 5.82 Å². The Balaban J connectivity index is 1.65. The summed E-state index contributed by atoms with van der Waals surface area (Å²) in [4.78, 5) is 4.36. The number of nitrogens with two attached hydrogens (primary N) is 1. The van der Waals surface area contributed by atoms with Crippen LogP contribution in [0.4, 0.5) is 5.82 Å². The Morgan fingerprint density at radius 3 is 2.80 bits per heavy atom. The first kappa shape index (κ1) is 19.8. The summed E-state index contributed by atoms with van der Waals surface area (Å²) >= 11 is 1.40. The zero-order valence-corrected chi connectivity index (χ0v) is 16.8. The Hall–Kier alpha value is -3.47. The molecule has 1 aromatic carbocycles. The molecule has 0 bridgehead atoms. The van der Waals surface area contributed by atoms with Gasteiger partial charge in [-0.05, 0) is 41.3 Å². The van der Waals surface area contributed by atoms with Gasteiger partial charge in [-0.3, -0.25) is 0 Å². The molecule has 0 saturated carbocycles. The molecule has 10 heteroatoms. The molecule has 1 unspecified atom stereocenters. The van der Waals surface area contributed by atoms with Gasteiger partial charge in [-0.1, -0.05) is 18.2 Å². The van der Waals surface area contributed by atoms with E-state index in [1.807, 2.05) is 24.3 Å². The van der Waals surface area contributed by atoms with Gasteiger partial charge in [0.2, 0.25) is 0 Å². The van der Waals surface area contributed by atoms with Crippen LogP contribution in [0.1, 0.15) is 47.6 Å². The van der Waals surface area contributed by atoms with Gasteiger partial charge in [0.25, 0.3) is 0 Å². The first-order valence-electron chi connectivity index (χ1n) is 9.42. The molecule has 0 amide bonds. The minimum Gasteiger partial charge on any atom is -0.383 e. The quantitative estimate of drug-likeness (QED) is 0.595. The molecule has 1 aliphatic rings. The van der Waals surface area contributed by atoms with Crippen LogP contribution in [0.25, 0.3) is 11.4 Å². The molecule has 4 rings (SSSR count). The average Bonchev–Trinajstić information content (AvgIpc) is 3.33. The molecule has 1 aliphatic heterocycles. The maximum absolute atomic E-state index is 9.87. The molecular weight excluding hydrogens is 400 g/mol. The first-order chi connectivity index (χ1) is 14.7. The average molecular weight is 418 g/mol. The van der Waals surface area contributed by atoms with Crippen LogP contribution in [0.5, 0.6) is 0 Å². The number of pyridine rings is 1. The van der Waals surface area contributed by atoms with Gasteiger partial charge in [-0.2, -0.15) is 10.5 Å². The molecular formula is C20H18N8OS. The van der Waals surface area contributed by atoms with Gasteiger partial charge < -0.3 is 10.5 Å². The number of benzene rings is 1. The Morgan fingerprint density at radius 2 is 2.10 bits per heavy atom. The van der Waals surface area contributed by atoms with Crippen molar-refractivity contribution in [1.82, 2.24) is 25.6 Å². The number of thioether (sulfide) groups is 1. The summed E-state index contributed by atoms with van der Waals surface area (Å²) in [6.07, 6.45) is 2.40. The van der Waals surface area contributed by atoms with E-state index in [1.165, 1.54) is 11.8 Å². The van der Waals surface area contributed by atoms with Gasteiger partial charge in [-0.25, -0.2) is 10.1 Å². The molecule has 2 aromatic heterocycles. The lowest BCUT2D eigenvalue weighted by Gasteiger charge is -2.25. The highest BCUT2D eigenvalue weighted by molar-refractivity contribution is 7.98. The fourth-order valence-electron chi connectivity index (χ4n) is 3.46. The van der Waals surface area contributed by atoms with E-state index in [0.717, 1.165) is 30.4 Å². The number of nitriles is 2. The summed E-state index contributed by atoms with van der Waals surface area (Å²) < 4.78 is 5.86. The number of ether oxygens (including phenoxy) is 1. The number of nitrogens with one attached hydrogen (secondary N) is 1. The third kappa shape index (κ3) is 3.96. The highest BCUT2D eigenvalue weighted by Crippen LogP contribution is 2.38. The van der Waals surface area contributed by atoms with Crippen molar-refractivity contribution in [3.63, 3.8) is 0 Å². The fourth-order valence-corrected chi connectivity index (χ4v) is 4.41. The van der Waals surface area contributed by atoms with Crippen LogP contribution in [-0.4, -0.2) is 32.2 Å². The number of aromatic amines is 1. The summed E-state index contributed by atoms with van der Waals surface area (Å²) in [5, 5.41) is 33.9. The van der Waals surface area contributed by atoms with E-state index in [2.05, 4.69) is 37.7 Å². The molecule has 0 spiro atoms. The second-order valence-electron chi connectivity index (χ2n) is 6.78. The molecule has 1 saturated heterocycles. The van der Waals surface area contributed by atoms with E-state index in [-0.39, 0.29) is 17.5 Å². The minimum atomic E-state index is -0.310. The number of nitrogens with zero attached hydrogens (tertiary/aromatic N) is 6. The zero-order chi connectivity index (χ0) is 20.9. The van der Waals surface area contributed by atoms with Crippen LogP contribution < -0.4 is 5.73 Å². The lowest BCUT2D eigenvalue weighted by Crippen LogP contribution is -2.16. The predicted octanol–water partition coefficient (Wildman–Crippen LogP) is 3.12. The van der Waals surface area contributed by atoms with E-state index >= 15 is 0 Å². The second kappa shape index (κ2) is 8.91. The van der Waals surface area contributed by atoms with Crippen molar-refractivity contribution in [3.8, 4) is 23.5 Å². The monoisotopic (exact) mass is 418 g/mol. The van der Waals surface area contributed by atoms with E-state index in [1.54, 1.807) is 0 Å². The number of tetrazole rings is 1. The smallest absolute Gasteiger partial charge is 0.179 e. The summed E-state index contributed by atoms with van der Waals surface area (Å²) in [5.74, 6) is 1.27. The summed E-state index contributed by atoms with van der Waals surface area (Å²) in [6.45, 7) is 0.606. The first-order valence-corrected chi connectivity index (χ1v) is 10.4. The Bertz CT molecular complexity index is 1130. The van der Waals surface area contributed by atoms with Crippen molar-refractivity contribution in [3.05, 3.63) is 46.5 Å². The number of H-pyrrole nitrogens is 1. The van der Waals surface area contributed by atoms with Crippen molar-refractivity contribution in [1.29, 1.82) is 10.5 Å². The summed E-state index contributed by atoms with van der Waals surface area (Å²) in [7, 11) is 0. The minimum absolute atomic E-state index is 0.129. The number of anilines is 1. The molecule has 3 aromatic rings. The van der Waals surface area contributed by atoms with Crippen molar-refractivity contribution < 1.29 is 4.74 Å². The summed E-state index contributed by atoms with van der Waals surface area (Å²) in [6, 6.07) is 12.1. The van der Waals surface area contributed by atoms with Crippen molar-refractivity contribution in [2.75, 3.05) is 12.3 Å². The van der Waals surface area contributed by atoms with Crippen LogP contribution in [0.2, 0.25) is 0 Å². The van der Waals surface area contributed by atoms with Crippen molar-refractivity contribution in [2.45, 2.75) is 36.1 Å². The zero-order valence-electron chi connectivity index (χ0n) is 16.0. The van der Waals surface area contributed by atoms with E-state index in [9.17, 15) is 10.5 Å². The van der Waals surface area contributed by atoms with Gasteiger partial charge in [0.1, 0.15) is 28.5 Å². The fraction of sp³-hybridized carbons (Fsp3) is 0.300. The molecule has 3 N–H and O–H groups in total. The maximum Gasteiger partial charge on any atom is 0.179 e. The lowest BCUT2D eigenvalue weighted by atomic mass is 9.94. The molecule has 0 aliphatic carbocycles. The van der Waals surface area contributed by atoms with Crippen molar-refractivity contribution in [2.24, 2.45) is 0 Å². The standard InChI is InChI=1S/C20H18N8OS/c21-9-14-17(16-6-1-2-7-29-16)15(10-22)20(24-18(14)23)30-11-12-4-3-5-13(8-12)19-25-27-28-26-19/h3-5,8,16H,1-2,6-7,11H2,(H2,23,24)(H,25,26,27,28). The van der Waals surface area contributed by atoms with Crippen LogP contribution in [0.15, 0.2) is 29.3 Å². The molecule has 30 heavy (non-hydrogen) atoms. The number of hydrogen-bond donors (Lipinski definition) is 2. The van der Waals surface area contributed by atoms with Crippen molar-refractivity contribution >= 4 is 17.6 Å². The van der Waals surface area contributed by atoms with Crippen LogP contribution in [-0.2, 0) is 10.5 Å². The molecule has 1 atom stereocenters. The summed E-state index contributed by atoms with van der Waals surface area (Å²) in [5.41, 5.74) is 9.13. The Morgan fingerprint density at radius 1 is 1.23 bits per heavy atom. The van der Waals surface area contributed by atoms with Gasteiger partial charge in [0, 0.05) is 23.5 Å². The number of hydrogen-bond acceptors (Lipinski definition) is 9. The Kier molecular flexibility index (Phi) is 5.89. The normalized spacial score (nSPS) is 16.0. The highest BCUT2D eigenvalue weighted by Gasteiger charge is 2.27. The van der Waals surface area contributed by atoms with Gasteiger partial charge in [0.05, 0.1) is 11.7 Å². The molecule has 150 valence electrons. The van der Waals surface area contributed by atoms with Crippen LogP contribution >= 0.6 is 11.8 Å².